The molecule has 1 amide bonds. The molecular weight excluding hydrogens is 460 g/mol. The van der Waals surface area contributed by atoms with Gasteiger partial charge in [0.1, 0.15) is 0 Å². The van der Waals surface area contributed by atoms with Crippen LogP contribution in [0.25, 0.3) is 22.2 Å². The number of anilines is 1. The summed E-state index contributed by atoms with van der Waals surface area (Å²) >= 11 is 6.50. The number of rotatable bonds is 7. The molecule has 2 unspecified atom stereocenters. The molecule has 3 heterocycles. The maximum Gasteiger partial charge on any atom is 0.245 e. The Labute approximate surface area is 211 Å². The van der Waals surface area contributed by atoms with Gasteiger partial charge >= 0.3 is 0 Å². The lowest BCUT2D eigenvalue weighted by atomic mass is 9.90. The summed E-state index contributed by atoms with van der Waals surface area (Å²) in [5, 5.41) is 9.01. The fraction of sp³-hybridized carbons (Fsp3) is 0.444. The highest BCUT2D eigenvalue weighted by Crippen LogP contribution is 2.32. The Morgan fingerprint density at radius 1 is 1.20 bits per heavy atom. The maximum absolute atomic E-state index is 11.8. The fourth-order valence-corrected chi connectivity index (χ4v) is 5.59. The monoisotopic (exact) mass is 492 g/mol. The summed E-state index contributed by atoms with van der Waals surface area (Å²) in [7, 11) is 0. The number of carbonyl (C=O) groups excluding carboxylic acids is 1. The Bertz CT molecular complexity index is 1190. The van der Waals surface area contributed by atoms with Crippen LogP contribution in [-0.4, -0.2) is 57.5 Å². The molecule has 0 radical (unpaired) electrons. The van der Waals surface area contributed by atoms with Gasteiger partial charge in [-0.1, -0.05) is 36.4 Å². The van der Waals surface area contributed by atoms with Crippen LogP contribution in [0.5, 0.6) is 0 Å². The molecule has 5 rings (SSSR count). The fourth-order valence-electron chi connectivity index (χ4n) is 5.40. The van der Waals surface area contributed by atoms with Crippen molar-refractivity contribution in [1.82, 2.24) is 25.2 Å². The number of para-hydroxylation sites is 1. The van der Waals surface area contributed by atoms with Crippen molar-refractivity contribution in [3.05, 3.63) is 54.3 Å². The van der Waals surface area contributed by atoms with Gasteiger partial charge in [-0.15, -0.1) is 0 Å². The highest BCUT2D eigenvalue weighted by atomic mass is 35.5. The van der Waals surface area contributed by atoms with E-state index in [0.29, 0.717) is 29.0 Å². The van der Waals surface area contributed by atoms with Crippen LogP contribution in [-0.2, 0) is 4.79 Å². The van der Waals surface area contributed by atoms with E-state index < -0.39 is 0 Å². The molecule has 184 valence electrons. The minimum atomic E-state index is 0.0508. The van der Waals surface area contributed by atoms with Gasteiger partial charge in [-0.3, -0.25) is 4.79 Å². The molecular formula is C27H33ClN6O. The standard InChI is InChI=1S/C27H33ClN6O/c1-2-25(35)34-12-10-18(11-13-34)15-29-19-6-5-7-20(14-19)32-27-31-17-23(28)26(33-27)22-16-30-24-9-4-3-8-21(22)24/h2-4,8-9,16-20,29-30H,1,5-7,10-15H2,(H,31,32,33). The first-order valence-corrected chi connectivity index (χ1v) is 13.0. The average Bonchev–Trinajstić information content (AvgIpc) is 3.33. The van der Waals surface area contributed by atoms with Crippen molar-refractivity contribution in [2.75, 3.05) is 25.0 Å². The Balaban J connectivity index is 1.17. The molecule has 3 N–H and O–H groups in total. The number of aromatic nitrogens is 3. The molecule has 0 bridgehead atoms. The summed E-state index contributed by atoms with van der Waals surface area (Å²) in [6.45, 7) is 6.27. The van der Waals surface area contributed by atoms with E-state index in [-0.39, 0.29) is 5.91 Å². The molecule has 2 fully saturated rings. The van der Waals surface area contributed by atoms with Gasteiger partial charge < -0.3 is 20.5 Å². The Kier molecular flexibility index (Phi) is 7.35. The van der Waals surface area contributed by atoms with Gasteiger partial charge in [0.15, 0.2) is 0 Å². The van der Waals surface area contributed by atoms with Gasteiger partial charge in [0.05, 0.1) is 16.9 Å². The zero-order chi connectivity index (χ0) is 24.2. The molecule has 0 spiro atoms. The molecule has 1 saturated carbocycles. The minimum absolute atomic E-state index is 0.0508. The van der Waals surface area contributed by atoms with Crippen LogP contribution in [0.3, 0.4) is 0 Å². The Hall–Kier alpha value is -2.90. The number of likely N-dealkylation sites (tertiary alicyclic amines) is 1. The third-order valence-electron chi connectivity index (χ3n) is 7.39. The average molecular weight is 493 g/mol. The van der Waals surface area contributed by atoms with Crippen molar-refractivity contribution in [3.8, 4) is 11.3 Å². The summed E-state index contributed by atoms with van der Waals surface area (Å²) in [5.41, 5.74) is 2.79. The number of piperidine rings is 1. The van der Waals surface area contributed by atoms with Crippen LogP contribution in [0.2, 0.25) is 5.02 Å². The van der Waals surface area contributed by atoms with E-state index in [2.05, 4.69) is 33.2 Å². The minimum Gasteiger partial charge on any atom is -0.360 e. The highest BCUT2D eigenvalue weighted by molar-refractivity contribution is 6.33. The summed E-state index contributed by atoms with van der Waals surface area (Å²) < 4.78 is 0. The van der Waals surface area contributed by atoms with Crippen LogP contribution in [0, 0.1) is 5.92 Å². The number of nitrogens with one attached hydrogen (secondary N) is 3. The van der Waals surface area contributed by atoms with Gasteiger partial charge in [-0.05, 0) is 63.1 Å². The predicted octanol–water partition coefficient (Wildman–Crippen LogP) is 5.02. The molecule has 1 saturated heterocycles. The third kappa shape index (κ3) is 5.52. The number of hydrogen-bond donors (Lipinski definition) is 3. The number of H-pyrrole nitrogens is 1. The summed E-state index contributed by atoms with van der Waals surface area (Å²) in [6, 6.07) is 8.96. The second-order valence-corrected chi connectivity index (χ2v) is 10.1. The van der Waals surface area contributed by atoms with Crippen molar-refractivity contribution >= 4 is 34.4 Å². The first-order chi connectivity index (χ1) is 17.1. The quantitative estimate of drug-likeness (QED) is 0.403. The lowest BCUT2D eigenvalue weighted by Crippen LogP contribution is -2.44. The van der Waals surface area contributed by atoms with E-state index in [1.165, 1.54) is 18.9 Å². The van der Waals surface area contributed by atoms with Gasteiger partial charge in [0.2, 0.25) is 11.9 Å². The largest absolute Gasteiger partial charge is 0.360 e. The second-order valence-electron chi connectivity index (χ2n) is 9.72. The van der Waals surface area contributed by atoms with Crippen LogP contribution in [0.15, 0.2) is 49.3 Å². The molecule has 7 nitrogen and oxygen atoms in total. The molecule has 2 aromatic heterocycles. The van der Waals surface area contributed by atoms with Crippen LogP contribution >= 0.6 is 11.6 Å². The maximum atomic E-state index is 11.8. The van der Waals surface area contributed by atoms with Crippen molar-refractivity contribution in [2.45, 2.75) is 50.6 Å². The van der Waals surface area contributed by atoms with Crippen LogP contribution in [0.1, 0.15) is 38.5 Å². The van der Waals surface area contributed by atoms with E-state index in [0.717, 1.165) is 67.5 Å². The van der Waals surface area contributed by atoms with Crippen LogP contribution < -0.4 is 10.6 Å². The number of hydrogen-bond acceptors (Lipinski definition) is 5. The molecule has 1 aliphatic carbocycles. The van der Waals surface area contributed by atoms with Crippen molar-refractivity contribution in [1.29, 1.82) is 0 Å². The second kappa shape index (κ2) is 10.8. The predicted molar refractivity (Wildman–Crippen MR) is 142 cm³/mol. The third-order valence-corrected chi connectivity index (χ3v) is 7.67. The van der Waals surface area contributed by atoms with E-state index in [9.17, 15) is 4.79 Å². The summed E-state index contributed by atoms with van der Waals surface area (Å²) in [6.07, 6.45) is 11.7. The number of halogens is 1. The number of carbonyl (C=O) groups is 1. The molecule has 2 atom stereocenters. The van der Waals surface area contributed by atoms with E-state index in [1.54, 1.807) is 6.20 Å². The molecule has 1 aliphatic heterocycles. The van der Waals surface area contributed by atoms with Gasteiger partial charge in [-0.25, -0.2) is 9.97 Å². The molecule has 1 aromatic carbocycles. The normalized spacial score (nSPS) is 21.2. The molecule has 2 aliphatic rings. The van der Waals surface area contributed by atoms with Gasteiger partial charge in [0.25, 0.3) is 0 Å². The van der Waals surface area contributed by atoms with Crippen molar-refractivity contribution in [2.24, 2.45) is 5.92 Å². The number of aromatic amines is 1. The van der Waals surface area contributed by atoms with Gasteiger partial charge in [-0.2, -0.15) is 0 Å². The molecule has 3 aromatic rings. The molecule has 8 heteroatoms. The number of fused-ring (bicyclic) bond motifs is 1. The number of amides is 1. The number of benzene rings is 1. The zero-order valence-corrected chi connectivity index (χ0v) is 20.7. The summed E-state index contributed by atoms with van der Waals surface area (Å²) in [4.78, 5) is 26.3. The van der Waals surface area contributed by atoms with E-state index >= 15 is 0 Å². The van der Waals surface area contributed by atoms with E-state index in [1.807, 2.05) is 29.3 Å². The Morgan fingerprint density at radius 3 is 2.83 bits per heavy atom. The Morgan fingerprint density at radius 2 is 2.00 bits per heavy atom. The van der Waals surface area contributed by atoms with Gasteiger partial charge in [0, 0.05) is 47.8 Å². The first kappa shape index (κ1) is 23.8. The SMILES string of the molecule is C=CC(=O)N1CCC(CNC2CCCC(Nc3ncc(Cl)c(-c4c[nH]c5ccccc45)n3)C2)CC1. The topological polar surface area (TPSA) is 85.9 Å². The van der Waals surface area contributed by atoms with Crippen molar-refractivity contribution in [3.63, 3.8) is 0 Å². The smallest absolute Gasteiger partial charge is 0.245 e. The molecule has 35 heavy (non-hydrogen) atoms. The van der Waals surface area contributed by atoms with E-state index in [4.69, 9.17) is 16.6 Å². The number of nitrogens with zero attached hydrogens (tertiary/aromatic N) is 3. The van der Waals surface area contributed by atoms with Crippen molar-refractivity contribution < 1.29 is 4.79 Å². The lowest BCUT2D eigenvalue weighted by Gasteiger charge is -2.34. The summed E-state index contributed by atoms with van der Waals surface area (Å²) in [5.74, 6) is 1.30. The highest BCUT2D eigenvalue weighted by Gasteiger charge is 2.25. The van der Waals surface area contributed by atoms with Crippen LogP contribution in [0.4, 0.5) is 5.95 Å². The zero-order valence-electron chi connectivity index (χ0n) is 20.0. The first-order valence-electron chi connectivity index (χ1n) is 12.6. The lowest BCUT2D eigenvalue weighted by molar-refractivity contribution is -0.127.